The number of pyridine rings is 1. The minimum Gasteiger partial charge on any atom is -0.618 e. The van der Waals surface area contributed by atoms with Crippen LogP contribution in [0.1, 0.15) is 42.1 Å². The molecule has 2 N–H and O–H groups in total. The molecule has 0 aliphatic carbocycles. The summed E-state index contributed by atoms with van der Waals surface area (Å²) in [7, 11) is 1.60. The fraction of sp³-hybridized carbons (Fsp3) is 0.389. The topological polar surface area (TPSA) is 92.9 Å². The first-order chi connectivity index (χ1) is 12.2. The average Bonchev–Trinajstić information content (AvgIpc) is 2.90. The monoisotopic (exact) mass is 375 g/mol. The lowest BCUT2D eigenvalue weighted by Crippen LogP contribution is -2.34. The number of nitrogens with zero attached hydrogens (tertiary/aromatic N) is 4. The number of hydrogen-bond acceptors (Lipinski definition) is 5. The smallest absolute Gasteiger partial charge is 0.223 e. The highest BCUT2D eigenvalue weighted by Crippen LogP contribution is 2.32. The molecule has 3 aromatic rings. The Morgan fingerprint density at radius 1 is 1.35 bits per heavy atom. The molecule has 0 amide bonds. The zero-order valence-electron chi connectivity index (χ0n) is 15.5. The van der Waals surface area contributed by atoms with Crippen LogP contribution < -0.4 is 15.2 Å². The number of aryl methyl sites for hydroxylation is 1. The summed E-state index contributed by atoms with van der Waals surface area (Å²) in [6.07, 6.45) is 3.48. The number of nitrogens with two attached hydrogens (primary N) is 1. The molecule has 3 rings (SSSR count). The van der Waals surface area contributed by atoms with Crippen LogP contribution in [0, 0.1) is 19.1 Å². The molecular formula is C18H22ClN5O2. The van der Waals surface area contributed by atoms with Crippen molar-refractivity contribution in [2.75, 3.05) is 12.8 Å². The van der Waals surface area contributed by atoms with Gasteiger partial charge in [-0.1, -0.05) is 25.4 Å². The molecule has 0 atom stereocenters. The lowest BCUT2D eigenvalue weighted by Gasteiger charge is -2.14. The van der Waals surface area contributed by atoms with Gasteiger partial charge in [-0.05, 0) is 25.3 Å². The molecule has 3 heterocycles. The second-order valence-electron chi connectivity index (χ2n) is 6.68. The quantitative estimate of drug-likeness (QED) is 0.429. The maximum Gasteiger partial charge on any atom is 0.223 e. The minimum atomic E-state index is 0.102. The Bertz CT molecular complexity index is 997. The van der Waals surface area contributed by atoms with Crippen LogP contribution in [0.15, 0.2) is 12.4 Å². The number of fused-ring (bicyclic) bond motifs is 1. The van der Waals surface area contributed by atoms with E-state index in [1.807, 2.05) is 24.6 Å². The largest absolute Gasteiger partial charge is 0.618 e. The lowest BCUT2D eigenvalue weighted by atomic mass is 10.0. The third kappa shape index (κ3) is 2.92. The SMILES string of the molecule is COc1c(C)c[n+]([O-])c(Cn2cc(C(C)C)c3c(Cl)nc(N)nc32)c1C. The number of anilines is 1. The van der Waals surface area contributed by atoms with Gasteiger partial charge in [0.15, 0.2) is 6.20 Å². The Morgan fingerprint density at radius 2 is 2.04 bits per heavy atom. The Labute approximate surface area is 157 Å². The molecule has 138 valence electrons. The van der Waals surface area contributed by atoms with Crippen molar-refractivity contribution in [2.45, 2.75) is 40.2 Å². The maximum atomic E-state index is 12.5. The predicted octanol–water partition coefficient (Wildman–Crippen LogP) is 3.10. The first kappa shape index (κ1) is 18.3. The molecule has 3 aromatic heterocycles. The summed E-state index contributed by atoms with van der Waals surface area (Å²) in [6, 6.07) is 0. The van der Waals surface area contributed by atoms with Gasteiger partial charge in [0.25, 0.3) is 0 Å². The maximum absolute atomic E-state index is 12.5. The van der Waals surface area contributed by atoms with Crippen molar-refractivity contribution >= 4 is 28.6 Å². The highest BCUT2D eigenvalue weighted by molar-refractivity contribution is 6.34. The molecule has 0 saturated carbocycles. The Hall–Kier alpha value is -2.54. The van der Waals surface area contributed by atoms with Gasteiger partial charge in [0.05, 0.1) is 23.6 Å². The van der Waals surface area contributed by atoms with E-state index >= 15 is 0 Å². The molecule has 7 nitrogen and oxygen atoms in total. The summed E-state index contributed by atoms with van der Waals surface area (Å²) in [5.74, 6) is 1.03. The summed E-state index contributed by atoms with van der Waals surface area (Å²) >= 11 is 6.33. The second-order valence-corrected chi connectivity index (χ2v) is 7.04. The highest BCUT2D eigenvalue weighted by atomic mass is 35.5. The van der Waals surface area contributed by atoms with Gasteiger partial charge in [0.2, 0.25) is 11.6 Å². The van der Waals surface area contributed by atoms with Crippen molar-refractivity contribution in [1.29, 1.82) is 0 Å². The summed E-state index contributed by atoms with van der Waals surface area (Å²) in [6.45, 7) is 8.18. The van der Waals surface area contributed by atoms with E-state index in [1.165, 1.54) is 6.20 Å². The van der Waals surface area contributed by atoms with Crippen LogP contribution >= 0.6 is 11.6 Å². The number of methoxy groups -OCH3 is 1. The molecule has 0 saturated heterocycles. The molecule has 0 radical (unpaired) electrons. The van der Waals surface area contributed by atoms with Gasteiger partial charge in [0.1, 0.15) is 23.1 Å². The van der Waals surface area contributed by atoms with Gasteiger partial charge >= 0.3 is 0 Å². The number of nitrogen functional groups attached to an aromatic ring is 1. The van der Waals surface area contributed by atoms with Crippen molar-refractivity contribution in [3.05, 3.63) is 45.1 Å². The zero-order valence-corrected chi connectivity index (χ0v) is 16.3. The van der Waals surface area contributed by atoms with E-state index < -0.39 is 0 Å². The van der Waals surface area contributed by atoms with Crippen LogP contribution in [0.5, 0.6) is 5.75 Å². The van der Waals surface area contributed by atoms with Crippen LogP contribution in [-0.2, 0) is 6.54 Å². The van der Waals surface area contributed by atoms with Crippen molar-refractivity contribution in [2.24, 2.45) is 0 Å². The van der Waals surface area contributed by atoms with E-state index in [-0.39, 0.29) is 11.9 Å². The summed E-state index contributed by atoms with van der Waals surface area (Å²) in [4.78, 5) is 8.43. The number of ether oxygens (including phenoxy) is 1. The summed E-state index contributed by atoms with van der Waals surface area (Å²) in [5.41, 5.74) is 9.58. The van der Waals surface area contributed by atoms with E-state index in [2.05, 4.69) is 23.8 Å². The molecule has 0 aliphatic heterocycles. The van der Waals surface area contributed by atoms with Crippen LogP contribution in [0.2, 0.25) is 5.15 Å². The van der Waals surface area contributed by atoms with Gasteiger partial charge in [0, 0.05) is 6.20 Å². The zero-order chi connectivity index (χ0) is 19.2. The first-order valence-electron chi connectivity index (χ1n) is 8.32. The fourth-order valence-electron chi connectivity index (χ4n) is 3.31. The molecule has 0 unspecified atom stereocenters. The summed E-state index contributed by atoms with van der Waals surface area (Å²) in [5, 5.41) is 13.6. The van der Waals surface area contributed by atoms with Gasteiger partial charge in [-0.25, -0.2) is 4.98 Å². The molecule has 0 aliphatic rings. The average molecular weight is 376 g/mol. The van der Waals surface area contributed by atoms with Gasteiger partial charge < -0.3 is 20.2 Å². The first-order valence-corrected chi connectivity index (χ1v) is 8.70. The predicted molar refractivity (Wildman–Crippen MR) is 102 cm³/mol. The van der Waals surface area contributed by atoms with Crippen molar-refractivity contribution in [3.8, 4) is 5.75 Å². The van der Waals surface area contributed by atoms with Gasteiger partial charge in [-0.2, -0.15) is 9.71 Å². The van der Waals surface area contributed by atoms with E-state index in [1.54, 1.807) is 7.11 Å². The Morgan fingerprint density at radius 3 is 2.65 bits per heavy atom. The molecule has 8 heteroatoms. The van der Waals surface area contributed by atoms with Crippen LogP contribution in [0.25, 0.3) is 11.0 Å². The minimum absolute atomic E-state index is 0.102. The number of halogens is 1. The van der Waals surface area contributed by atoms with Crippen LogP contribution in [0.3, 0.4) is 0 Å². The lowest BCUT2D eigenvalue weighted by molar-refractivity contribution is -0.615. The molecular weight excluding hydrogens is 354 g/mol. The molecule has 0 spiro atoms. The third-order valence-electron chi connectivity index (χ3n) is 4.57. The van der Waals surface area contributed by atoms with E-state index in [9.17, 15) is 5.21 Å². The van der Waals surface area contributed by atoms with E-state index in [4.69, 9.17) is 22.1 Å². The number of hydrogen-bond donors (Lipinski definition) is 1. The van der Waals surface area contributed by atoms with Crippen molar-refractivity contribution < 1.29 is 9.47 Å². The molecule has 0 aromatic carbocycles. The van der Waals surface area contributed by atoms with Crippen LogP contribution in [0.4, 0.5) is 5.95 Å². The molecule has 0 fully saturated rings. The normalized spacial score (nSPS) is 11.5. The third-order valence-corrected chi connectivity index (χ3v) is 4.85. The molecule has 0 bridgehead atoms. The van der Waals surface area contributed by atoms with Gasteiger partial charge in [-0.15, -0.1) is 0 Å². The number of aromatic nitrogens is 4. The number of rotatable bonds is 4. The fourth-order valence-corrected chi connectivity index (χ4v) is 3.59. The van der Waals surface area contributed by atoms with Crippen molar-refractivity contribution in [3.63, 3.8) is 0 Å². The van der Waals surface area contributed by atoms with E-state index in [0.717, 1.165) is 26.8 Å². The van der Waals surface area contributed by atoms with Crippen molar-refractivity contribution in [1.82, 2.24) is 14.5 Å². The second kappa shape index (κ2) is 6.64. The molecule has 26 heavy (non-hydrogen) atoms. The highest BCUT2D eigenvalue weighted by Gasteiger charge is 2.22. The van der Waals surface area contributed by atoms with Gasteiger partial charge in [-0.3, -0.25) is 0 Å². The Balaban J connectivity index is 2.22. The van der Waals surface area contributed by atoms with Crippen LogP contribution in [-0.4, -0.2) is 21.6 Å². The Kier molecular flexibility index (Phi) is 4.66. The standard InChI is InChI=1S/C18H22ClN5O2/c1-9(2)12-7-23(17-14(12)16(19)21-18(20)22-17)8-13-11(4)15(26-5)10(3)6-24(13)25/h6-7,9H,8H2,1-5H3,(H2,20,21,22). The van der Waals surface area contributed by atoms with E-state index in [0.29, 0.717) is 28.8 Å². The summed E-state index contributed by atoms with van der Waals surface area (Å²) < 4.78 is 8.21.